The second-order valence-electron chi connectivity index (χ2n) is 4.86. The Morgan fingerprint density at radius 2 is 2.00 bits per heavy atom. The molecule has 2 rings (SSSR count). The lowest BCUT2D eigenvalue weighted by atomic mass is 10.2. The topological polar surface area (TPSA) is 64.0 Å². The molecule has 1 aromatic heterocycles. The molecule has 0 spiro atoms. The highest BCUT2D eigenvalue weighted by Crippen LogP contribution is 2.13. The van der Waals surface area contributed by atoms with Gasteiger partial charge < -0.3 is 5.32 Å². The molecule has 1 atom stereocenters. The summed E-state index contributed by atoms with van der Waals surface area (Å²) < 4.78 is 24.0. The highest BCUT2D eigenvalue weighted by molar-refractivity contribution is 7.90. The van der Waals surface area contributed by atoms with E-state index in [1.807, 2.05) is 48.1 Å². The van der Waals surface area contributed by atoms with E-state index in [4.69, 9.17) is 0 Å². The molecule has 1 unspecified atom stereocenters. The van der Waals surface area contributed by atoms with Crippen LogP contribution in [0.4, 0.5) is 0 Å². The van der Waals surface area contributed by atoms with Crippen LogP contribution in [-0.2, 0) is 9.84 Å². The molecule has 0 aliphatic carbocycles. The van der Waals surface area contributed by atoms with Gasteiger partial charge >= 0.3 is 0 Å². The third kappa shape index (κ3) is 4.18. The standard InChI is InChI=1S/C14H19N3O2S/c1-12(15-8-9-20(2,18)19)13-10-16-17(11-13)14-6-4-3-5-7-14/h3-7,10-12,15H,8-9H2,1-2H3. The zero-order valence-electron chi connectivity index (χ0n) is 11.7. The Morgan fingerprint density at radius 1 is 1.30 bits per heavy atom. The first-order chi connectivity index (χ1) is 9.46. The van der Waals surface area contributed by atoms with Crippen LogP contribution < -0.4 is 5.32 Å². The summed E-state index contributed by atoms with van der Waals surface area (Å²) >= 11 is 0. The third-order valence-corrected chi connectivity index (χ3v) is 3.99. The van der Waals surface area contributed by atoms with Gasteiger partial charge in [0.05, 0.1) is 17.6 Å². The van der Waals surface area contributed by atoms with Crippen molar-refractivity contribution in [1.29, 1.82) is 0 Å². The van der Waals surface area contributed by atoms with Crippen molar-refractivity contribution in [3.63, 3.8) is 0 Å². The van der Waals surface area contributed by atoms with Crippen molar-refractivity contribution in [3.05, 3.63) is 48.3 Å². The van der Waals surface area contributed by atoms with Gasteiger partial charge in [0.2, 0.25) is 0 Å². The first-order valence-corrected chi connectivity index (χ1v) is 8.53. The van der Waals surface area contributed by atoms with Gasteiger partial charge in [-0.2, -0.15) is 5.10 Å². The monoisotopic (exact) mass is 293 g/mol. The van der Waals surface area contributed by atoms with Gasteiger partial charge in [0, 0.05) is 30.6 Å². The van der Waals surface area contributed by atoms with Crippen molar-refractivity contribution in [2.24, 2.45) is 0 Å². The minimum atomic E-state index is -2.92. The number of aromatic nitrogens is 2. The van der Waals surface area contributed by atoms with Crippen LogP contribution in [0.2, 0.25) is 0 Å². The van der Waals surface area contributed by atoms with Crippen LogP contribution >= 0.6 is 0 Å². The molecule has 5 nitrogen and oxygen atoms in total. The van der Waals surface area contributed by atoms with Crippen molar-refractivity contribution < 1.29 is 8.42 Å². The van der Waals surface area contributed by atoms with E-state index in [0.717, 1.165) is 11.3 Å². The SMILES string of the molecule is CC(NCCS(C)(=O)=O)c1cnn(-c2ccccc2)c1. The van der Waals surface area contributed by atoms with Crippen molar-refractivity contribution in [2.45, 2.75) is 13.0 Å². The van der Waals surface area contributed by atoms with Gasteiger partial charge in [0.1, 0.15) is 9.84 Å². The molecule has 0 aliphatic rings. The molecule has 6 heteroatoms. The van der Waals surface area contributed by atoms with Gasteiger partial charge in [-0.25, -0.2) is 13.1 Å². The Hall–Kier alpha value is -1.66. The van der Waals surface area contributed by atoms with Crippen LogP contribution in [0.25, 0.3) is 5.69 Å². The van der Waals surface area contributed by atoms with Crippen LogP contribution in [0.3, 0.4) is 0 Å². The van der Waals surface area contributed by atoms with Gasteiger partial charge in [-0.15, -0.1) is 0 Å². The van der Waals surface area contributed by atoms with Gasteiger partial charge in [0.25, 0.3) is 0 Å². The molecule has 0 amide bonds. The van der Waals surface area contributed by atoms with E-state index >= 15 is 0 Å². The van der Waals surface area contributed by atoms with Crippen molar-refractivity contribution in [3.8, 4) is 5.69 Å². The molecule has 108 valence electrons. The molecule has 0 bridgehead atoms. The highest BCUT2D eigenvalue weighted by atomic mass is 32.2. The van der Waals surface area contributed by atoms with Crippen LogP contribution in [0.5, 0.6) is 0 Å². The number of sulfone groups is 1. The largest absolute Gasteiger partial charge is 0.309 e. The molecule has 0 fully saturated rings. The number of nitrogens with one attached hydrogen (secondary N) is 1. The predicted octanol–water partition coefficient (Wildman–Crippen LogP) is 1.57. The van der Waals surface area contributed by atoms with Gasteiger partial charge in [-0.3, -0.25) is 0 Å². The predicted molar refractivity (Wildman–Crippen MR) is 79.7 cm³/mol. The summed E-state index contributed by atoms with van der Waals surface area (Å²) in [5.41, 5.74) is 2.03. The Labute approximate surface area is 119 Å². The molecule has 0 radical (unpaired) electrons. The molecular weight excluding hydrogens is 274 g/mol. The average Bonchev–Trinajstić information content (AvgIpc) is 2.88. The first kappa shape index (κ1) is 14.7. The van der Waals surface area contributed by atoms with E-state index in [0.29, 0.717) is 6.54 Å². The number of rotatable bonds is 6. The van der Waals surface area contributed by atoms with E-state index in [2.05, 4.69) is 10.4 Å². The lowest BCUT2D eigenvalue weighted by Gasteiger charge is -2.11. The number of hydrogen-bond acceptors (Lipinski definition) is 4. The summed E-state index contributed by atoms with van der Waals surface area (Å²) in [5, 5.41) is 7.51. The van der Waals surface area contributed by atoms with Crippen LogP contribution in [0.15, 0.2) is 42.7 Å². The Bertz CT molecular complexity index is 650. The van der Waals surface area contributed by atoms with E-state index in [1.54, 1.807) is 6.20 Å². The minimum Gasteiger partial charge on any atom is -0.309 e. The van der Waals surface area contributed by atoms with Crippen molar-refractivity contribution in [2.75, 3.05) is 18.6 Å². The van der Waals surface area contributed by atoms with Crippen molar-refractivity contribution in [1.82, 2.24) is 15.1 Å². The summed E-state index contributed by atoms with van der Waals surface area (Å²) in [6.45, 7) is 2.44. The zero-order valence-corrected chi connectivity index (χ0v) is 12.5. The fourth-order valence-corrected chi connectivity index (χ4v) is 2.35. The van der Waals surface area contributed by atoms with Crippen LogP contribution in [0.1, 0.15) is 18.5 Å². The third-order valence-electron chi connectivity index (χ3n) is 3.05. The molecule has 1 aromatic carbocycles. The smallest absolute Gasteiger partial charge is 0.148 e. The molecule has 1 heterocycles. The quantitative estimate of drug-likeness (QED) is 0.878. The zero-order chi connectivity index (χ0) is 14.6. The Kier molecular flexibility index (Phi) is 4.57. The molecule has 1 N–H and O–H groups in total. The summed E-state index contributed by atoms with van der Waals surface area (Å²) in [4.78, 5) is 0. The molecule has 0 saturated carbocycles. The normalized spacial score (nSPS) is 13.3. The fraction of sp³-hybridized carbons (Fsp3) is 0.357. The highest BCUT2D eigenvalue weighted by Gasteiger charge is 2.09. The summed E-state index contributed by atoms with van der Waals surface area (Å²) in [5.74, 6) is 0.143. The maximum Gasteiger partial charge on any atom is 0.148 e. The fourth-order valence-electron chi connectivity index (χ4n) is 1.86. The van der Waals surface area contributed by atoms with Crippen molar-refractivity contribution >= 4 is 9.84 Å². The Morgan fingerprint density at radius 3 is 2.65 bits per heavy atom. The van der Waals surface area contributed by atoms with Gasteiger partial charge in [-0.05, 0) is 19.1 Å². The minimum absolute atomic E-state index is 0.0641. The van der Waals surface area contributed by atoms with E-state index in [-0.39, 0.29) is 11.8 Å². The molecule has 0 aliphatic heterocycles. The summed E-state index contributed by atoms with van der Waals surface area (Å²) in [7, 11) is -2.92. The van der Waals surface area contributed by atoms with E-state index in [1.165, 1.54) is 6.26 Å². The molecule has 2 aromatic rings. The summed E-state index contributed by atoms with van der Waals surface area (Å²) in [6.07, 6.45) is 4.99. The van der Waals surface area contributed by atoms with E-state index < -0.39 is 9.84 Å². The number of nitrogens with zero attached hydrogens (tertiary/aromatic N) is 2. The number of hydrogen-bond donors (Lipinski definition) is 1. The Balaban J connectivity index is 1.98. The average molecular weight is 293 g/mol. The van der Waals surface area contributed by atoms with Gasteiger partial charge in [-0.1, -0.05) is 18.2 Å². The lowest BCUT2D eigenvalue weighted by Crippen LogP contribution is -2.25. The first-order valence-electron chi connectivity index (χ1n) is 6.47. The second kappa shape index (κ2) is 6.19. The molecule has 0 saturated heterocycles. The molecular formula is C14H19N3O2S. The number of benzene rings is 1. The molecule has 20 heavy (non-hydrogen) atoms. The van der Waals surface area contributed by atoms with Crippen LogP contribution in [0, 0.1) is 0 Å². The van der Waals surface area contributed by atoms with E-state index in [9.17, 15) is 8.42 Å². The van der Waals surface area contributed by atoms with Gasteiger partial charge in [0.15, 0.2) is 0 Å². The lowest BCUT2D eigenvalue weighted by molar-refractivity contribution is 0.575. The van der Waals surface area contributed by atoms with Crippen LogP contribution in [-0.4, -0.2) is 36.8 Å². The maximum absolute atomic E-state index is 11.1. The summed E-state index contributed by atoms with van der Waals surface area (Å²) in [6, 6.07) is 9.92. The maximum atomic E-state index is 11.1. The number of para-hydroxylation sites is 1. The second-order valence-corrected chi connectivity index (χ2v) is 7.12.